The third-order valence-electron chi connectivity index (χ3n) is 2.63. The van der Waals surface area contributed by atoms with Crippen molar-refractivity contribution in [3.8, 4) is 0 Å². The summed E-state index contributed by atoms with van der Waals surface area (Å²) < 4.78 is 0.620. The fraction of sp³-hybridized carbons (Fsp3) is 0.231. The van der Waals surface area contributed by atoms with Gasteiger partial charge in [-0.05, 0) is 41.9 Å². The quantitative estimate of drug-likeness (QED) is 0.843. The molecule has 1 aromatic carbocycles. The molecule has 1 amide bonds. The zero-order valence-electron chi connectivity index (χ0n) is 10.6. The molecular formula is C13H14BrN3OS. The van der Waals surface area contributed by atoms with E-state index in [1.165, 1.54) is 11.3 Å². The van der Waals surface area contributed by atoms with E-state index in [-0.39, 0.29) is 11.9 Å². The van der Waals surface area contributed by atoms with Gasteiger partial charge in [0.15, 0.2) is 0 Å². The van der Waals surface area contributed by atoms with Crippen molar-refractivity contribution in [2.24, 2.45) is 0 Å². The number of carbonyl (C=O) groups is 1. The van der Waals surface area contributed by atoms with Crippen LogP contribution in [0.2, 0.25) is 0 Å². The third kappa shape index (κ3) is 3.13. The Morgan fingerprint density at radius 2 is 2.26 bits per heavy atom. The minimum absolute atomic E-state index is 0.125. The van der Waals surface area contributed by atoms with Crippen molar-refractivity contribution in [3.05, 3.63) is 44.3 Å². The fourth-order valence-corrected chi connectivity index (χ4v) is 2.88. The Kier molecular flexibility index (Phi) is 4.21. The smallest absolute Gasteiger partial charge is 0.253 e. The van der Waals surface area contributed by atoms with E-state index in [1.807, 2.05) is 19.2 Å². The number of amides is 1. The molecule has 1 unspecified atom stereocenters. The van der Waals surface area contributed by atoms with Gasteiger partial charge in [-0.3, -0.25) is 4.79 Å². The van der Waals surface area contributed by atoms with Crippen LogP contribution in [0, 0.1) is 6.92 Å². The summed E-state index contributed by atoms with van der Waals surface area (Å²) in [7, 11) is 0. The Morgan fingerprint density at radius 1 is 1.53 bits per heavy atom. The van der Waals surface area contributed by atoms with Gasteiger partial charge in [-0.1, -0.05) is 6.07 Å². The predicted molar refractivity (Wildman–Crippen MR) is 81.3 cm³/mol. The maximum Gasteiger partial charge on any atom is 0.253 e. The summed E-state index contributed by atoms with van der Waals surface area (Å²) in [6.07, 6.45) is 0. The number of anilines is 1. The summed E-state index contributed by atoms with van der Waals surface area (Å²) in [6.45, 7) is 3.85. The van der Waals surface area contributed by atoms with Gasteiger partial charge < -0.3 is 11.1 Å². The highest BCUT2D eigenvalue weighted by atomic mass is 79.9. The number of aromatic nitrogens is 1. The first-order chi connectivity index (χ1) is 8.99. The maximum absolute atomic E-state index is 12.2. The highest BCUT2D eigenvalue weighted by Gasteiger charge is 2.16. The standard InChI is InChI=1S/C13H14BrN3OS/c1-7-6-19-13(16-7)8(2)17-12(18)9-4-3-5-10(15)11(9)14/h3-6,8H,15H2,1-2H3,(H,17,18). The predicted octanol–water partition coefficient (Wildman–Crippen LogP) is 3.29. The lowest BCUT2D eigenvalue weighted by molar-refractivity contribution is 0.0939. The van der Waals surface area contributed by atoms with Crippen LogP contribution >= 0.6 is 27.3 Å². The van der Waals surface area contributed by atoms with Crippen molar-refractivity contribution in [3.63, 3.8) is 0 Å². The molecule has 0 aliphatic carbocycles. The second-order valence-electron chi connectivity index (χ2n) is 4.23. The molecule has 0 saturated heterocycles. The molecule has 1 atom stereocenters. The Bertz CT molecular complexity index is 612. The summed E-state index contributed by atoms with van der Waals surface area (Å²) in [5.74, 6) is -0.167. The molecule has 0 bridgehead atoms. The molecule has 19 heavy (non-hydrogen) atoms. The van der Waals surface area contributed by atoms with E-state index in [0.717, 1.165) is 10.7 Å². The molecule has 0 fully saturated rings. The van der Waals surface area contributed by atoms with E-state index < -0.39 is 0 Å². The second-order valence-corrected chi connectivity index (χ2v) is 5.91. The molecule has 0 aliphatic heterocycles. The van der Waals surface area contributed by atoms with Crippen molar-refractivity contribution >= 4 is 38.9 Å². The molecule has 100 valence electrons. The number of nitrogens with one attached hydrogen (secondary N) is 1. The summed E-state index contributed by atoms with van der Waals surface area (Å²) in [6, 6.07) is 5.11. The normalized spacial score (nSPS) is 12.2. The van der Waals surface area contributed by atoms with Crippen molar-refractivity contribution in [2.75, 3.05) is 5.73 Å². The zero-order chi connectivity index (χ0) is 14.0. The summed E-state index contributed by atoms with van der Waals surface area (Å²) in [5, 5.41) is 5.78. The molecule has 0 spiro atoms. The summed E-state index contributed by atoms with van der Waals surface area (Å²) >= 11 is 4.87. The van der Waals surface area contributed by atoms with Crippen LogP contribution < -0.4 is 11.1 Å². The third-order valence-corrected chi connectivity index (χ3v) is 4.66. The average molecular weight is 340 g/mol. The van der Waals surface area contributed by atoms with Gasteiger partial charge >= 0.3 is 0 Å². The molecule has 0 aliphatic rings. The number of rotatable bonds is 3. The molecule has 3 N–H and O–H groups in total. The van der Waals surface area contributed by atoms with Crippen LogP contribution in [0.25, 0.3) is 0 Å². The molecule has 1 aromatic heterocycles. The zero-order valence-corrected chi connectivity index (χ0v) is 13.0. The van der Waals surface area contributed by atoms with Gasteiger partial charge in [0.25, 0.3) is 5.91 Å². The highest BCUT2D eigenvalue weighted by Crippen LogP contribution is 2.25. The van der Waals surface area contributed by atoms with E-state index in [4.69, 9.17) is 5.73 Å². The topological polar surface area (TPSA) is 68.0 Å². The summed E-state index contributed by atoms with van der Waals surface area (Å²) in [5.41, 5.74) is 7.81. The number of thiazole rings is 1. The number of halogens is 1. The Hall–Kier alpha value is -1.40. The van der Waals surface area contributed by atoms with Gasteiger partial charge in [-0.2, -0.15) is 0 Å². The van der Waals surface area contributed by atoms with E-state index >= 15 is 0 Å². The molecule has 2 rings (SSSR count). The van der Waals surface area contributed by atoms with E-state index in [1.54, 1.807) is 18.2 Å². The van der Waals surface area contributed by atoms with Gasteiger partial charge in [0.1, 0.15) is 5.01 Å². The Balaban J connectivity index is 2.15. The minimum atomic E-state index is -0.167. The van der Waals surface area contributed by atoms with Gasteiger partial charge in [-0.15, -0.1) is 11.3 Å². The van der Waals surface area contributed by atoms with Crippen molar-refractivity contribution < 1.29 is 4.79 Å². The van der Waals surface area contributed by atoms with Crippen LogP contribution in [0.4, 0.5) is 5.69 Å². The van der Waals surface area contributed by atoms with Crippen LogP contribution in [0.15, 0.2) is 28.1 Å². The fourth-order valence-electron chi connectivity index (χ4n) is 1.63. The monoisotopic (exact) mass is 339 g/mol. The van der Waals surface area contributed by atoms with Crippen molar-refractivity contribution in [1.29, 1.82) is 0 Å². The lowest BCUT2D eigenvalue weighted by atomic mass is 10.2. The molecular weight excluding hydrogens is 326 g/mol. The second kappa shape index (κ2) is 5.71. The van der Waals surface area contributed by atoms with Crippen LogP contribution in [-0.4, -0.2) is 10.9 Å². The lowest BCUT2D eigenvalue weighted by Gasteiger charge is -2.12. The van der Waals surface area contributed by atoms with Crippen molar-refractivity contribution in [1.82, 2.24) is 10.3 Å². The van der Waals surface area contributed by atoms with Gasteiger partial charge in [0.05, 0.1) is 16.1 Å². The molecule has 1 heterocycles. The van der Waals surface area contributed by atoms with E-state index in [9.17, 15) is 4.79 Å². The largest absolute Gasteiger partial charge is 0.398 e. The van der Waals surface area contributed by atoms with Crippen LogP contribution in [0.1, 0.15) is 34.0 Å². The Labute approximate surface area is 124 Å². The lowest BCUT2D eigenvalue weighted by Crippen LogP contribution is -2.27. The SMILES string of the molecule is Cc1csc(C(C)NC(=O)c2cccc(N)c2Br)n1. The number of nitrogens with two attached hydrogens (primary N) is 1. The molecule has 2 aromatic rings. The summed E-state index contributed by atoms with van der Waals surface area (Å²) in [4.78, 5) is 16.6. The number of hydrogen-bond donors (Lipinski definition) is 2. The number of nitrogens with zero attached hydrogens (tertiary/aromatic N) is 1. The van der Waals surface area contributed by atoms with Crippen LogP contribution in [0.5, 0.6) is 0 Å². The first-order valence-electron chi connectivity index (χ1n) is 5.76. The number of hydrogen-bond acceptors (Lipinski definition) is 4. The molecule has 0 radical (unpaired) electrons. The molecule has 0 saturated carbocycles. The van der Waals surface area contributed by atoms with Crippen LogP contribution in [0.3, 0.4) is 0 Å². The van der Waals surface area contributed by atoms with Gasteiger partial charge in [0.2, 0.25) is 0 Å². The van der Waals surface area contributed by atoms with Gasteiger partial charge in [0, 0.05) is 16.8 Å². The highest BCUT2D eigenvalue weighted by molar-refractivity contribution is 9.10. The minimum Gasteiger partial charge on any atom is -0.398 e. The number of nitrogen functional groups attached to an aromatic ring is 1. The Morgan fingerprint density at radius 3 is 2.89 bits per heavy atom. The number of carbonyl (C=O) groups excluding carboxylic acids is 1. The van der Waals surface area contributed by atoms with E-state index in [0.29, 0.717) is 15.7 Å². The molecule has 4 nitrogen and oxygen atoms in total. The maximum atomic E-state index is 12.2. The van der Waals surface area contributed by atoms with E-state index in [2.05, 4.69) is 26.2 Å². The van der Waals surface area contributed by atoms with Gasteiger partial charge in [-0.25, -0.2) is 4.98 Å². The average Bonchev–Trinajstić information content (AvgIpc) is 2.79. The first kappa shape index (κ1) is 14.0. The first-order valence-corrected chi connectivity index (χ1v) is 7.43. The van der Waals surface area contributed by atoms with Crippen molar-refractivity contribution in [2.45, 2.75) is 19.9 Å². The number of benzene rings is 1. The van der Waals surface area contributed by atoms with Crippen LogP contribution in [-0.2, 0) is 0 Å². The number of aryl methyl sites for hydroxylation is 1. The molecule has 6 heteroatoms.